The summed E-state index contributed by atoms with van der Waals surface area (Å²) in [6.07, 6.45) is 2.25. The van der Waals surface area contributed by atoms with Gasteiger partial charge in [-0.1, -0.05) is 91.0 Å². The van der Waals surface area contributed by atoms with E-state index in [-0.39, 0.29) is 35.5 Å². The van der Waals surface area contributed by atoms with Crippen LogP contribution in [0.5, 0.6) is 23.0 Å². The van der Waals surface area contributed by atoms with Crippen LogP contribution in [0.1, 0.15) is 84.9 Å². The third-order valence-electron chi connectivity index (χ3n) is 11.9. The molecule has 0 spiro atoms. The van der Waals surface area contributed by atoms with E-state index < -0.39 is 14.8 Å². The Morgan fingerprint density at radius 2 is 0.613 bits per heavy atom. The zero-order chi connectivity index (χ0) is 59.1. The van der Waals surface area contributed by atoms with Gasteiger partial charge in [0.2, 0.25) is 0 Å². The number of hydrogen-bond acceptors (Lipinski definition) is 13. The number of halogens is 3. The number of nitrogens with zero attached hydrogens (tertiary/aromatic N) is 3. The van der Waals surface area contributed by atoms with E-state index in [2.05, 4.69) is 59.9 Å². The van der Waals surface area contributed by atoms with Gasteiger partial charge < -0.3 is 36.7 Å². The van der Waals surface area contributed by atoms with Crippen molar-refractivity contribution < 1.29 is 52.1 Å². The molecule has 0 atom stereocenters. The first kappa shape index (κ1) is 69.8. The molecule has 0 unspecified atom stereocenters. The van der Waals surface area contributed by atoms with E-state index in [0.29, 0.717) is 41.4 Å². The molecule has 0 amide bonds. The normalized spacial score (nSPS) is 10.0. The van der Waals surface area contributed by atoms with Crippen LogP contribution in [0.15, 0.2) is 152 Å². The summed E-state index contributed by atoms with van der Waals surface area (Å²) in [5.74, 6) is 1.46. The standard InChI is InChI=1S/2C15H15NO3.C15H17NO.C8H10O.C7H7NO3.3HI.H2O.V/c2*1-10-7-13(8-11(2)15(10)17)9-12-3-5-14(6-4-12)16(18)19;1-10-7-13(8-11(2)15(10)17)9-12-3-5-14(16)6-4-12;1-6-4-3-5-7(2)8(6)9;9-5-6-1-3-7(4-2-6)8(10)11;;;;;/h2*3-8,17H,9H2,1-2H3;3-8,17H,9,16H2,1-2H3;3-5,9H,1-2H3;1-4,9H,5H2;3*1H;1H2;/q;;;;;;;;;+3/p-3. The molecule has 0 heterocycles. The van der Waals surface area contributed by atoms with Gasteiger partial charge in [0.15, 0.2) is 0 Å². The van der Waals surface area contributed by atoms with Crippen LogP contribution in [0.2, 0.25) is 0 Å². The molecule has 8 aromatic rings. The van der Waals surface area contributed by atoms with Crippen LogP contribution in [0.25, 0.3) is 0 Å². The van der Waals surface area contributed by atoms with Crippen LogP contribution in [-0.4, -0.2) is 45.8 Å². The number of aliphatic hydroxyl groups excluding tert-OH is 1. The van der Waals surface area contributed by atoms with Gasteiger partial charge in [-0.05, 0) is 182 Å². The van der Waals surface area contributed by atoms with Gasteiger partial charge >= 0.3 is 66.3 Å². The van der Waals surface area contributed by atoms with E-state index in [1.807, 2.05) is 134 Å². The molecule has 80 heavy (non-hydrogen) atoms. The Morgan fingerprint density at radius 3 is 0.825 bits per heavy atom. The van der Waals surface area contributed by atoms with Crippen molar-refractivity contribution in [1.82, 2.24) is 0 Å². The molecule has 20 heteroatoms. The molecule has 0 bridgehead atoms. The zero-order valence-electron chi connectivity index (χ0n) is 46.4. The van der Waals surface area contributed by atoms with Crippen molar-refractivity contribution in [2.75, 3.05) is 5.73 Å². The number of nitro groups is 3. The number of non-ortho nitro benzene ring substituents is 3. The third kappa shape index (κ3) is 24.2. The summed E-state index contributed by atoms with van der Waals surface area (Å²) in [4.78, 5) is 29.7. The maximum absolute atomic E-state index is 10.6. The number of hydrogen-bond donors (Lipinski definition) is 6. The van der Waals surface area contributed by atoms with Crippen LogP contribution in [0, 0.1) is 85.7 Å². The van der Waals surface area contributed by atoms with Crippen LogP contribution in [-0.2, 0) is 30.8 Å². The molecule has 0 fully saturated rings. The van der Waals surface area contributed by atoms with Crippen molar-refractivity contribution in [3.63, 3.8) is 0 Å². The van der Waals surface area contributed by atoms with Crippen molar-refractivity contribution in [3.05, 3.63) is 265 Å². The Bertz CT molecular complexity index is 3100. The summed E-state index contributed by atoms with van der Waals surface area (Å²) in [5.41, 5.74) is 21.1. The number of rotatable bonds is 10. The number of aliphatic hydroxyl groups is 1. The number of nitrogen functional groups attached to an aromatic ring is 1. The van der Waals surface area contributed by atoms with Crippen molar-refractivity contribution in [3.8, 4) is 23.0 Å². The Hall–Kier alpha value is -6.35. The fourth-order valence-corrected chi connectivity index (χ4v) is 7.79. The summed E-state index contributed by atoms with van der Waals surface area (Å²) < 4.78 is 0. The topological polar surface area (TPSA) is 287 Å². The maximum atomic E-state index is 10.6. The Kier molecular flexibility index (Phi) is 30.3. The number of nitro benzene ring substituents is 3. The van der Waals surface area contributed by atoms with Crippen molar-refractivity contribution in [2.24, 2.45) is 0 Å². The predicted molar refractivity (Wildman–Crippen MR) is 340 cm³/mol. The van der Waals surface area contributed by atoms with Crippen molar-refractivity contribution in [1.29, 1.82) is 0 Å². The number of phenolic OH excluding ortho intramolecular Hbond substituents is 4. The van der Waals surface area contributed by atoms with Gasteiger partial charge in [-0.15, -0.1) is 0 Å². The van der Waals surface area contributed by atoms with E-state index >= 15 is 0 Å². The molecule has 16 nitrogen and oxygen atoms in total. The molecule has 0 aliphatic rings. The number of nitrogens with two attached hydrogens (primary N) is 1. The Balaban J connectivity index is 0.000000505. The van der Waals surface area contributed by atoms with Crippen LogP contribution in [0.3, 0.4) is 0 Å². The number of aromatic hydroxyl groups is 4. The molecule has 424 valence electrons. The van der Waals surface area contributed by atoms with Gasteiger partial charge in [0, 0.05) is 42.1 Å². The van der Waals surface area contributed by atoms with E-state index in [9.17, 15) is 50.8 Å². The van der Waals surface area contributed by atoms with Gasteiger partial charge in [0.1, 0.15) is 23.0 Å². The first-order valence-electron chi connectivity index (χ1n) is 24.2. The molecular weight excluding hydrogens is 1400 g/mol. The number of anilines is 1. The van der Waals surface area contributed by atoms with Crippen molar-refractivity contribution in [2.45, 2.75) is 81.3 Å². The minimum atomic E-state index is -0.471. The van der Waals surface area contributed by atoms with E-state index in [1.54, 1.807) is 24.3 Å². The van der Waals surface area contributed by atoms with Gasteiger partial charge in [-0.3, -0.25) is 30.3 Å². The summed E-state index contributed by atoms with van der Waals surface area (Å²) in [6.45, 7) is 15.0. The maximum Gasteiger partial charge on any atom is -0.870 e. The Morgan fingerprint density at radius 1 is 0.400 bits per heavy atom. The SMILES string of the molecule is Cc1cc(Cc2ccc(N)cc2)cc(C)c1O.Cc1cc(Cc2ccc([N+](=O)[O-])cc2)cc(C)c1O.Cc1cc(Cc2ccc([N+](=O)[O-])cc2)cc(C)c1O.Cc1cccc(C)c1O.O=[N+]([O-])c1ccc(CO)cc1.[H+].[I][V]([I])[I].[OH-]. The number of benzene rings is 8. The van der Waals surface area contributed by atoms with Gasteiger partial charge in [0.25, 0.3) is 17.1 Å². The average Bonchev–Trinajstić information content (AvgIpc) is 3.39. The van der Waals surface area contributed by atoms with Gasteiger partial charge in [0.05, 0.1) is 21.4 Å². The second kappa shape index (κ2) is 34.7. The summed E-state index contributed by atoms with van der Waals surface area (Å²) in [7, 11) is 0. The fourth-order valence-electron chi connectivity index (χ4n) is 7.79. The third-order valence-corrected chi connectivity index (χ3v) is 11.9. The number of phenols is 4. The molecule has 0 aromatic heterocycles. The summed E-state index contributed by atoms with van der Waals surface area (Å²) in [5, 5.41) is 78.3. The quantitative estimate of drug-likeness (QED) is 0.0322. The monoisotopic (exact) mass is 1470 g/mol. The molecule has 8 N–H and O–H groups in total. The minimum absolute atomic E-state index is 0. The molecule has 0 aliphatic heterocycles. The van der Waals surface area contributed by atoms with Crippen LogP contribution in [0.4, 0.5) is 22.7 Å². The van der Waals surface area contributed by atoms with Gasteiger partial charge in [-0.25, -0.2) is 0 Å². The molecule has 0 saturated carbocycles. The second-order valence-corrected chi connectivity index (χ2v) is 53.7. The molecule has 0 aliphatic carbocycles. The fraction of sp³-hybridized carbons (Fsp3) is 0.200. The van der Waals surface area contributed by atoms with Gasteiger partial charge in [-0.2, -0.15) is 0 Å². The second-order valence-electron chi connectivity index (χ2n) is 18.4. The Labute approximate surface area is 505 Å². The molecule has 8 aromatic carbocycles. The van der Waals surface area contributed by atoms with Crippen molar-refractivity contribution >= 4 is 82.7 Å². The zero-order valence-corrected chi connectivity index (χ0v) is 53.3. The average molecular weight is 1470 g/mol. The minimum Gasteiger partial charge on any atom is -0.870 e. The number of para-hydroxylation sites is 1. The first-order valence-corrected chi connectivity index (χ1v) is 37.8. The molecular formula is C60H66I3N4O12V. The molecule has 0 radical (unpaired) electrons. The van der Waals surface area contributed by atoms with Crippen LogP contribution >= 0.6 is 59.9 Å². The predicted octanol–water partition coefficient (Wildman–Crippen LogP) is 15.9. The van der Waals surface area contributed by atoms with E-state index in [4.69, 9.17) is 10.8 Å². The molecule has 0 saturated heterocycles. The summed E-state index contributed by atoms with van der Waals surface area (Å²) >= 11 is 7.39. The number of aryl methyl sites for hydroxylation is 8. The largest absolute Gasteiger partial charge is 0.870 e. The first-order chi connectivity index (χ1) is 37.2. The smallest absolute Gasteiger partial charge is 0.870 e. The van der Waals surface area contributed by atoms with E-state index in [1.165, 1.54) is 59.7 Å². The van der Waals surface area contributed by atoms with E-state index in [0.717, 1.165) is 78.9 Å². The molecule has 8 rings (SSSR count). The van der Waals surface area contributed by atoms with Crippen LogP contribution < -0.4 is 5.73 Å². The summed E-state index contributed by atoms with van der Waals surface area (Å²) in [6, 6.07) is 44.3.